The number of ether oxygens (including phenoxy) is 1. The molecular weight excluding hydrogens is 328 g/mol. The van der Waals surface area contributed by atoms with Crippen LogP contribution in [0.4, 0.5) is 11.4 Å². The Kier molecular flexibility index (Phi) is 4.98. The molecule has 1 fully saturated rings. The highest BCUT2D eigenvalue weighted by molar-refractivity contribution is 6.17. The van der Waals surface area contributed by atoms with E-state index >= 15 is 0 Å². The van der Waals surface area contributed by atoms with Gasteiger partial charge in [0.05, 0.1) is 7.11 Å². The van der Waals surface area contributed by atoms with Gasteiger partial charge in [-0.1, -0.05) is 32.0 Å². The van der Waals surface area contributed by atoms with Crippen molar-refractivity contribution >= 4 is 23.2 Å². The van der Waals surface area contributed by atoms with Crippen molar-refractivity contribution < 1.29 is 14.3 Å². The molecule has 0 unspecified atom stereocenters. The Morgan fingerprint density at radius 2 is 1.58 bits per heavy atom. The molecule has 0 aliphatic heterocycles. The number of carbonyl (C=O) groups excluding carboxylic acids is 2. The lowest BCUT2D eigenvalue weighted by molar-refractivity contribution is -0.131. The normalized spacial score (nSPS) is 14.6. The minimum atomic E-state index is -0.982. The van der Waals surface area contributed by atoms with Crippen LogP contribution < -0.4 is 15.4 Å². The largest absolute Gasteiger partial charge is 0.497 e. The number of para-hydroxylation sites is 1. The van der Waals surface area contributed by atoms with Crippen LogP contribution in [-0.2, 0) is 9.59 Å². The molecule has 0 saturated heterocycles. The molecule has 2 amide bonds. The van der Waals surface area contributed by atoms with Crippen molar-refractivity contribution in [3.05, 3.63) is 54.1 Å². The van der Waals surface area contributed by atoms with E-state index in [1.54, 1.807) is 31.4 Å². The summed E-state index contributed by atoms with van der Waals surface area (Å²) in [6, 6.07) is 14.8. The summed E-state index contributed by atoms with van der Waals surface area (Å²) in [5.41, 5.74) is 1.50. The van der Waals surface area contributed by atoms with Gasteiger partial charge < -0.3 is 15.4 Å². The fourth-order valence-electron chi connectivity index (χ4n) is 2.96. The first-order valence-corrected chi connectivity index (χ1v) is 8.82. The quantitative estimate of drug-likeness (QED) is 0.767. The van der Waals surface area contributed by atoms with E-state index in [-0.39, 0.29) is 17.7 Å². The van der Waals surface area contributed by atoms with Crippen molar-refractivity contribution in [2.45, 2.75) is 32.6 Å². The standard InChI is InChI=1S/C21H24N2O3/c1-14(2)17-6-4-5-7-18(17)23-20(25)21(12-13-21)19(24)22-15-8-10-16(26-3)11-9-15/h4-11,14H,12-13H2,1-3H3,(H,22,24)(H,23,25). The van der Waals surface area contributed by atoms with Gasteiger partial charge in [-0.25, -0.2) is 0 Å². The number of rotatable bonds is 6. The lowest BCUT2D eigenvalue weighted by atomic mass is 9.99. The third kappa shape index (κ3) is 3.57. The van der Waals surface area contributed by atoms with Gasteiger partial charge in [0.1, 0.15) is 11.2 Å². The number of nitrogens with one attached hydrogen (secondary N) is 2. The second-order valence-corrected chi connectivity index (χ2v) is 6.96. The highest BCUT2D eigenvalue weighted by Gasteiger charge is 2.56. The first-order valence-electron chi connectivity index (χ1n) is 8.82. The summed E-state index contributed by atoms with van der Waals surface area (Å²) in [6.07, 6.45) is 1.12. The number of anilines is 2. The molecule has 26 heavy (non-hydrogen) atoms. The summed E-state index contributed by atoms with van der Waals surface area (Å²) in [5, 5.41) is 5.80. The Bertz CT molecular complexity index is 808. The zero-order valence-corrected chi connectivity index (χ0v) is 15.3. The fourth-order valence-corrected chi connectivity index (χ4v) is 2.96. The Morgan fingerprint density at radius 3 is 2.15 bits per heavy atom. The number of hydrogen-bond acceptors (Lipinski definition) is 3. The van der Waals surface area contributed by atoms with E-state index in [0.29, 0.717) is 24.3 Å². The summed E-state index contributed by atoms with van der Waals surface area (Å²) < 4.78 is 5.11. The van der Waals surface area contributed by atoms with Crippen molar-refractivity contribution in [3.8, 4) is 5.75 Å². The van der Waals surface area contributed by atoms with E-state index < -0.39 is 5.41 Å². The molecule has 5 nitrogen and oxygen atoms in total. The minimum absolute atomic E-state index is 0.239. The molecule has 1 saturated carbocycles. The molecule has 2 N–H and O–H groups in total. The van der Waals surface area contributed by atoms with Crippen molar-refractivity contribution in [2.24, 2.45) is 5.41 Å². The molecule has 0 atom stereocenters. The predicted octanol–water partition coefficient (Wildman–Crippen LogP) is 4.18. The second-order valence-electron chi connectivity index (χ2n) is 6.96. The molecule has 2 aromatic carbocycles. The maximum absolute atomic E-state index is 12.8. The van der Waals surface area contributed by atoms with Crippen molar-refractivity contribution in [3.63, 3.8) is 0 Å². The molecule has 136 valence electrons. The third-order valence-electron chi connectivity index (χ3n) is 4.80. The molecule has 2 aromatic rings. The maximum Gasteiger partial charge on any atom is 0.240 e. The molecule has 0 bridgehead atoms. The van der Waals surface area contributed by atoms with Crippen molar-refractivity contribution in [1.29, 1.82) is 0 Å². The Morgan fingerprint density at radius 1 is 0.962 bits per heavy atom. The van der Waals surface area contributed by atoms with E-state index in [9.17, 15) is 9.59 Å². The van der Waals surface area contributed by atoms with Gasteiger partial charge in [-0.3, -0.25) is 9.59 Å². The van der Waals surface area contributed by atoms with Crippen LogP contribution in [0.2, 0.25) is 0 Å². The summed E-state index contributed by atoms with van der Waals surface area (Å²) >= 11 is 0. The van der Waals surface area contributed by atoms with E-state index in [0.717, 1.165) is 11.3 Å². The zero-order chi connectivity index (χ0) is 18.7. The summed E-state index contributed by atoms with van der Waals surface area (Å²) in [7, 11) is 1.59. The van der Waals surface area contributed by atoms with Gasteiger partial charge in [-0.15, -0.1) is 0 Å². The van der Waals surface area contributed by atoms with Crippen LogP contribution in [0.3, 0.4) is 0 Å². The van der Waals surface area contributed by atoms with Gasteiger partial charge in [-0.05, 0) is 54.7 Å². The van der Waals surface area contributed by atoms with Gasteiger partial charge in [0.25, 0.3) is 0 Å². The number of benzene rings is 2. The van der Waals surface area contributed by atoms with Gasteiger partial charge in [-0.2, -0.15) is 0 Å². The zero-order valence-electron chi connectivity index (χ0n) is 15.3. The molecule has 1 aliphatic rings. The average molecular weight is 352 g/mol. The molecule has 0 heterocycles. The smallest absolute Gasteiger partial charge is 0.240 e. The highest BCUT2D eigenvalue weighted by atomic mass is 16.5. The van der Waals surface area contributed by atoms with Crippen LogP contribution in [0, 0.1) is 5.41 Å². The van der Waals surface area contributed by atoms with Crippen molar-refractivity contribution in [1.82, 2.24) is 0 Å². The van der Waals surface area contributed by atoms with Crippen LogP contribution >= 0.6 is 0 Å². The SMILES string of the molecule is COc1ccc(NC(=O)C2(C(=O)Nc3ccccc3C(C)C)CC2)cc1. The Hall–Kier alpha value is -2.82. The van der Waals surface area contributed by atoms with Crippen LogP contribution in [0.15, 0.2) is 48.5 Å². The number of methoxy groups -OCH3 is 1. The summed E-state index contributed by atoms with van der Waals surface area (Å²) in [5.74, 6) is 0.501. The number of hydrogen-bond donors (Lipinski definition) is 2. The van der Waals surface area contributed by atoms with Crippen LogP contribution in [-0.4, -0.2) is 18.9 Å². The van der Waals surface area contributed by atoms with Gasteiger partial charge in [0, 0.05) is 11.4 Å². The Balaban J connectivity index is 1.71. The topological polar surface area (TPSA) is 67.4 Å². The van der Waals surface area contributed by atoms with Crippen LogP contribution in [0.1, 0.15) is 38.2 Å². The van der Waals surface area contributed by atoms with E-state index in [1.807, 2.05) is 24.3 Å². The number of amides is 2. The lowest BCUT2D eigenvalue weighted by Crippen LogP contribution is -2.35. The van der Waals surface area contributed by atoms with Gasteiger partial charge >= 0.3 is 0 Å². The molecule has 0 spiro atoms. The second kappa shape index (κ2) is 7.20. The van der Waals surface area contributed by atoms with E-state index in [4.69, 9.17) is 4.74 Å². The number of carbonyl (C=O) groups is 2. The van der Waals surface area contributed by atoms with Crippen molar-refractivity contribution in [2.75, 3.05) is 17.7 Å². The maximum atomic E-state index is 12.8. The molecule has 0 aromatic heterocycles. The molecule has 0 radical (unpaired) electrons. The summed E-state index contributed by atoms with van der Waals surface area (Å²) in [4.78, 5) is 25.5. The van der Waals surface area contributed by atoms with E-state index in [1.165, 1.54) is 0 Å². The molecule has 3 rings (SSSR count). The van der Waals surface area contributed by atoms with Gasteiger partial charge in [0.15, 0.2) is 0 Å². The van der Waals surface area contributed by atoms with E-state index in [2.05, 4.69) is 24.5 Å². The Labute approximate surface area is 153 Å². The predicted molar refractivity (Wildman–Crippen MR) is 102 cm³/mol. The fraction of sp³-hybridized carbons (Fsp3) is 0.333. The highest BCUT2D eigenvalue weighted by Crippen LogP contribution is 2.47. The molecule has 5 heteroatoms. The summed E-state index contributed by atoms with van der Waals surface area (Å²) in [6.45, 7) is 4.16. The minimum Gasteiger partial charge on any atom is -0.497 e. The third-order valence-corrected chi connectivity index (χ3v) is 4.80. The molecule has 1 aliphatic carbocycles. The lowest BCUT2D eigenvalue weighted by Gasteiger charge is -2.18. The monoisotopic (exact) mass is 352 g/mol. The van der Waals surface area contributed by atoms with Crippen LogP contribution in [0.25, 0.3) is 0 Å². The van der Waals surface area contributed by atoms with Gasteiger partial charge in [0.2, 0.25) is 11.8 Å². The average Bonchev–Trinajstić information content (AvgIpc) is 3.45. The van der Waals surface area contributed by atoms with Crippen LogP contribution in [0.5, 0.6) is 5.75 Å². The first-order chi connectivity index (χ1) is 12.5. The molecular formula is C21H24N2O3. The first kappa shape index (κ1) is 18.0.